The summed E-state index contributed by atoms with van der Waals surface area (Å²) >= 11 is 18.1. The highest BCUT2D eigenvalue weighted by atomic mass is 35.5. The molecule has 0 fully saturated rings. The van der Waals surface area contributed by atoms with Crippen LogP contribution >= 0.6 is 34.8 Å². The molecule has 22 heavy (non-hydrogen) atoms. The van der Waals surface area contributed by atoms with Gasteiger partial charge in [-0.15, -0.1) is 0 Å². The van der Waals surface area contributed by atoms with Crippen molar-refractivity contribution < 1.29 is 9.53 Å². The van der Waals surface area contributed by atoms with Crippen molar-refractivity contribution >= 4 is 40.7 Å². The summed E-state index contributed by atoms with van der Waals surface area (Å²) in [7, 11) is 0. The molecule has 1 aromatic heterocycles. The van der Waals surface area contributed by atoms with Gasteiger partial charge in [-0.3, -0.25) is 4.79 Å². The second kappa shape index (κ2) is 6.32. The van der Waals surface area contributed by atoms with Gasteiger partial charge in [0.25, 0.3) is 0 Å². The van der Waals surface area contributed by atoms with Crippen molar-refractivity contribution in [3.05, 3.63) is 56.7 Å². The first-order valence-corrected chi connectivity index (χ1v) is 7.68. The van der Waals surface area contributed by atoms with Gasteiger partial charge < -0.3 is 10.1 Å². The van der Waals surface area contributed by atoms with E-state index in [0.717, 1.165) is 5.56 Å². The largest absolute Gasteiger partial charge is 0.476 e. The molecule has 1 aliphatic heterocycles. The monoisotopic (exact) mass is 356 g/mol. The van der Waals surface area contributed by atoms with E-state index >= 15 is 0 Å². The van der Waals surface area contributed by atoms with E-state index < -0.39 is 0 Å². The second-order valence-corrected chi connectivity index (χ2v) is 6.08. The smallest absolute Gasteiger partial charge is 0.231 e. The number of nitrogens with one attached hydrogen (secondary N) is 1. The van der Waals surface area contributed by atoms with Gasteiger partial charge in [-0.05, 0) is 18.2 Å². The van der Waals surface area contributed by atoms with Crippen LogP contribution in [-0.2, 0) is 11.3 Å². The number of ether oxygens (including phenoxy) is 1. The molecule has 1 N–H and O–H groups in total. The van der Waals surface area contributed by atoms with Gasteiger partial charge in [0.15, 0.2) is 0 Å². The number of amides is 1. The lowest BCUT2D eigenvalue weighted by Gasteiger charge is -2.12. The zero-order valence-corrected chi connectivity index (χ0v) is 13.5. The third-order valence-corrected chi connectivity index (χ3v) is 4.32. The Bertz CT molecular complexity index is 713. The number of benzene rings is 1. The fourth-order valence-electron chi connectivity index (χ4n) is 2.30. The first-order valence-electron chi connectivity index (χ1n) is 6.55. The number of hydrogen-bond acceptors (Lipinski definition) is 3. The molecule has 1 atom stereocenters. The molecular weight excluding hydrogens is 347 g/mol. The third-order valence-electron chi connectivity index (χ3n) is 3.42. The zero-order valence-electron chi connectivity index (χ0n) is 11.3. The first kappa shape index (κ1) is 15.4. The van der Waals surface area contributed by atoms with Crippen molar-refractivity contribution in [2.75, 3.05) is 6.61 Å². The summed E-state index contributed by atoms with van der Waals surface area (Å²) in [5, 5.41) is 4.12. The third kappa shape index (κ3) is 3.00. The summed E-state index contributed by atoms with van der Waals surface area (Å²) in [5.41, 5.74) is 1.42. The van der Waals surface area contributed by atoms with E-state index in [2.05, 4.69) is 10.3 Å². The van der Waals surface area contributed by atoms with Crippen LogP contribution in [0.2, 0.25) is 15.1 Å². The predicted octanol–water partition coefficient (Wildman–Crippen LogP) is 3.83. The van der Waals surface area contributed by atoms with Crippen LogP contribution in [0.1, 0.15) is 17.0 Å². The Balaban J connectivity index is 1.72. The number of rotatable bonds is 3. The number of pyridine rings is 1. The van der Waals surface area contributed by atoms with E-state index in [9.17, 15) is 4.79 Å². The maximum Gasteiger partial charge on any atom is 0.231 e. The van der Waals surface area contributed by atoms with Gasteiger partial charge in [-0.25, -0.2) is 4.98 Å². The molecule has 2 aromatic rings. The van der Waals surface area contributed by atoms with E-state index in [-0.39, 0.29) is 25.0 Å². The lowest BCUT2D eigenvalue weighted by Crippen LogP contribution is -2.30. The van der Waals surface area contributed by atoms with Crippen LogP contribution in [-0.4, -0.2) is 17.5 Å². The van der Waals surface area contributed by atoms with Gasteiger partial charge in [-0.2, -0.15) is 0 Å². The highest BCUT2D eigenvalue weighted by Gasteiger charge is 2.31. The van der Waals surface area contributed by atoms with Crippen LogP contribution in [0.3, 0.4) is 0 Å². The van der Waals surface area contributed by atoms with Crippen molar-refractivity contribution in [1.82, 2.24) is 10.3 Å². The van der Waals surface area contributed by atoms with E-state index in [0.29, 0.717) is 26.5 Å². The van der Waals surface area contributed by atoms with E-state index in [1.807, 2.05) is 6.07 Å². The van der Waals surface area contributed by atoms with Gasteiger partial charge in [-0.1, -0.05) is 40.9 Å². The summed E-state index contributed by atoms with van der Waals surface area (Å²) in [6, 6.07) is 6.80. The van der Waals surface area contributed by atoms with Crippen LogP contribution in [0.15, 0.2) is 30.5 Å². The zero-order chi connectivity index (χ0) is 15.7. The molecule has 1 unspecified atom stereocenters. The minimum atomic E-state index is -0.381. The molecule has 2 heterocycles. The van der Waals surface area contributed by atoms with Gasteiger partial charge in [0.1, 0.15) is 12.5 Å². The highest BCUT2D eigenvalue weighted by molar-refractivity contribution is 6.39. The summed E-state index contributed by atoms with van der Waals surface area (Å²) in [6.07, 6.45) is 1.63. The average molecular weight is 358 g/mol. The molecular formula is C15H11Cl3N2O2. The summed E-state index contributed by atoms with van der Waals surface area (Å²) in [4.78, 5) is 16.4. The van der Waals surface area contributed by atoms with Gasteiger partial charge in [0, 0.05) is 38.9 Å². The number of halogens is 3. The SMILES string of the molecule is O=C(NCc1c(Cl)cc(Cl)cc1Cl)C1COc2ncccc21. The topological polar surface area (TPSA) is 51.2 Å². The van der Waals surface area contributed by atoms with Crippen molar-refractivity contribution in [1.29, 1.82) is 0 Å². The minimum Gasteiger partial charge on any atom is -0.476 e. The summed E-state index contributed by atoms with van der Waals surface area (Å²) in [5.74, 6) is -0.0346. The van der Waals surface area contributed by atoms with Crippen molar-refractivity contribution in [3.8, 4) is 5.88 Å². The van der Waals surface area contributed by atoms with Crippen LogP contribution in [0.5, 0.6) is 5.88 Å². The molecule has 0 bridgehead atoms. The van der Waals surface area contributed by atoms with Crippen molar-refractivity contribution in [2.24, 2.45) is 0 Å². The fourth-order valence-corrected chi connectivity index (χ4v) is 3.25. The first-order chi connectivity index (χ1) is 10.6. The molecule has 1 amide bonds. The average Bonchev–Trinajstić information content (AvgIpc) is 2.90. The molecule has 3 rings (SSSR count). The Hall–Kier alpha value is -1.49. The predicted molar refractivity (Wildman–Crippen MR) is 85.8 cm³/mol. The highest BCUT2D eigenvalue weighted by Crippen LogP contribution is 2.32. The van der Waals surface area contributed by atoms with Crippen molar-refractivity contribution in [3.63, 3.8) is 0 Å². The lowest BCUT2D eigenvalue weighted by molar-refractivity contribution is -0.122. The standard InChI is InChI=1S/C15H11Cl3N2O2/c16-8-4-12(17)10(13(18)5-8)6-20-14(21)11-7-22-15-9(11)2-1-3-19-15/h1-5,11H,6-7H2,(H,20,21). The number of carbonyl (C=O) groups is 1. The van der Waals surface area contributed by atoms with Gasteiger partial charge in [0.2, 0.25) is 11.8 Å². The Morgan fingerprint density at radius 1 is 1.32 bits per heavy atom. The lowest BCUT2D eigenvalue weighted by atomic mass is 10.0. The molecule has 0 saturated carbocycles. The number of carbonyl (C=O) groups excluding carboxylic acids is 1. The fraction of sp³-hybridized carbons (Fsp3) is 0.200. The Morgan fingerprint density at radius 2 is 2.05 bits per heavy atom. The molecule has 0 aliphatic carbocycles. The van der Waals surface area contributed by atoms with Crippen molar-refractivity contribution in [2.45, 2.75) is 12.5 Å². The number of nitrogens with zero attached hydrogens (tertiary/aromatic N) is 1. The molecule has 1 aromatic carbocycles. The minimum absolute atomic E-state index is 0.158. The van der Waals surface area contributed by atoms with Gasteiger partial charge >= 0.3 is 0 Å². The van der Waals surface area contributed by atoms with Crippen LogP contribution in [0, 0.1) is 0 Å². The molecule has 0 radical (unpaired) electrons. The molecule has 4 nitrogen and oxygen atoms in total. The maximum absolute atomic E-state index is 12.3. The molecule has 114 valence electrons. The van der Waals surface area contributed by atoms with Gasteiger partial charge in [0.05, 0.1) is 0 Å². The van der Waals surface area contributed by atoms with E-state index in [1.165, 1.54) is 0 Å². The molecule has 7 heteroatoms. The molecule has 1 aliphatic rings. The van der Waals surface area contributed by atoms with Crippen LogP contribution in [0.4, 0.5) is 0 Å². The maximum atomic E-state index is 12.3. The normalized spacial score (nSPS) is 16.0. The number of aromatic nitrogens is 1. The Kier molecular flexibility index (Phi) is 4.43. The summed E-state index contributed by atoms with van der Waals surface area (Å²) < 4.78 is 5.41. The second-order valence-electron chi connectivity index (χ2n) is 4.83. The van der Waals surface area contributed by atoms with Crippen LogP contribution in [0.25, 0.3) is 0 Å². The number of fused-ring (bicyclic) bond motifs is 1. The van der Waals surface area contributed by atoms with Crippen LogP contribution < -0.4 is 10.1 Å². The Morgan fingerprint density at radius 3 is 2.77 bits per heavy atom. The molecule has 0 spiro atoms. The quantitative estimate of drug-likeness (QED) is 0.908. The van der Waals surface area contributed by atoms with E-state index in [4.69, 9.17) is 39.5 Å². The van der Waals surface area contributed by atoms with E-state index in [1.54, 1.807) is 24.4 Å². The summed E-state index contributed by atoms with van der Waals surface area (Å²) in [6.45, 7) is 0.500. The Labute approximate surface area is 142 Å². The molecule has 0 saturated heterocycles. The number of hydrogen-bond donors (Lipinski definition) is 1.